The highest BCUT2D eigenvalue weighted by Gasteiger charge is 2.53. The van der Waals surface area contributed by atoms with Gasteiger partial charge in [-0.2, -0.15) is 0 Å². The molecule has 0 saturated carbocycles. The number of aliphatic carboxylic acids is 1. The predicted molar refractivity (Wildman–Crippen MR) is 80.2 cm³/mol. The molecule has 4 heteroatoms. The first-order valence-corrected chi connectivity index (χ1v) is 7.61. The van der Waals surface area contributed by atoms with Crippen molar-refractivity contribution in [3.8, 4) is 0 Å². The van der Waals surface area contributed by atoms with Crippen LogP contribution >= 0.6 is 0 Å². The number of likely N-dealkylation sites (tertiary alicyclic amines) is 1. The van der Waals surface area contributed by atoms with Gasteiger partial charge in [0, 0.05) is 32.2 Å². The first-order valence-electron chi connectivity index (χ1n) is 7.61. The van der Waals surface area contributed by atoms with Crippen LogP contribution in [0, 0.1) is 25.2 Å². The maximum absolute atomic E-state index is 11.8. The lowest BCUT2D eigenvalue weighted by Crippen LogP contribution is -2.44. The van der Waals surface area contributed by atoms with Gasteiger partial charge in [-0.05, 0) is 37.0 Å². The number of carboxylic acid groups (broad SMARTS) is 1. The van der Waals surface area contributed by atoms with Crippen molar-refractivity contribution in [3.05, 3.63) is 34.9 Å². The Morgan fingerprint density at radius 1 is 1.43 bits per heavy atom. The van der Waals surface area contributed by atoms with Crippen molar-refractivity contribution in [2.24, 2.45) is 11.3 Å². The highest BCUT2D eigenvalue weighted by atomic mass is 16.5. The van der Waals surface area contributed by atoms with E-state index in [0.29, 0.717) is 26.2 Å². The maximum atomic E-state index is 11.8. The van der Waals surface area contributed by atoms with Gasteiger partial charge in [-0.1, -0.05) is 18.2 Å². The lowest BCUT2D eigenvalue weighted by atomic mass is 9.74. The van der Waals surface area contributed by atoms with Gasteiger partial charge in [-0.15, -0.1) is 0 Å². The molecule has 2 heterocycles. The van der Waals surface area contributed by atoms with E-state index in [1.807, 2.05) is 0 Å². The van der Waals surface area contributed by atoms with E-state index in [9.17, 15) is 9.90 Å². The van der Waals surface area contributed by atoms with Gasteiger partial charge in [0.15, 0.2) is 0 Å². The first kappa shape index (κ1) is 14.5. The van der Waals surface area contributed by atoms with Crippen LogP contribution in [-0.4, -0.2) is 42.3 Å². The van der Waals surface area contributed by atoms with E-state index in [1.54, 1.807) is 0 Å². The number of fused-ring (bicyclic) bond motifs is 1. The van der Waals surface area contributed by atoms with Crippen LogP contribution in [0.3, 0.4) is 0 Å². The van der Waals surface area contributed by atoms with Gasteiger partial charge in [0.2, 0.25) is 0 Å². The monoisotopic (exact) mass is 289 g/mol. The number of nitrogens with zero attached hydrogens (tertiary/aromatic N) is 1. The van der Waals surface area contributed by atoms with E-state index in [0.717, 1.165) is 13.1 Å². The molecule has 2 atom stereocenters. The van der Waals surface area contributed by atoms with Gasteiger partial charge in [-0.25, -0.2) is 0 Å². The molecular weight excluding hydrogens is 266 g/mol. The van der Waals surface area contributed by atoms with Gasteiger partial charge in [0.25, 0.3) is 0 Å². The van der Waals surface area contributed by atoms with Gasteiger partial charge < -0.3 is 9.84 Å². The molecule has 1 aromatic rings. The van der Waals surface area contributed by atoms with E-state index in [4.69, 9.17) is 4.74 Å². The molecule has 2 fully saturated rings. The van der Waals surface area contributed by atoms with Gasteiger partial charge in [0.1, 0.15) is 0 Å². The zero-order chi connectivity index (χ0) is 15.0. The Labute approximate surface area is 125 Å². The molecule has 0 unspecified atom stereocenters. The summed E-state index contributed by atoms with van der Waals surface area (Å²) in [5, 5.41) is 9.71. The van der Waals surface area contributed by atoms with Crippen molar-refractivity contribution >= 4 is 5.97 Å². The molecule has 114 valence electrons. The molecule has 3 rings (SSSR count). The molecular formula is C17H23NO3. The number of aryl methyl sites for hydroxylation is 2. The summed E-state index contributed by atoms with van der Waals surface area (Å²) in [7, 11) is 0. The zero-order valence-electron chi connectivity index (χ0n) is 12.8. The summed E-state index contributed by atoms with van der Waals surface area (Å²) in [6.07, 6.45) is 0.635. The fourth-order valence-electron chi connectivity index (χ4n) is 3.85. The second-order valence-corrected chi connectivity index (χ2v) is 6.52. The number of rotatable bonds is 3. The summed E-state index contributed by atoms with van der Waals surface area (Å²) in [5.74, 6) is -0.534. The first-order chi connectivity index (χ1) is 10.0. The smallest absolute Gasteiger partial charge is 0.311 e. The molecule has 0 aliphatic carbocycles. The van der Waals surface area contributed by atoms with Crippen molar-refractivity contribution < 1.29 is 14.6 Å². The number of hydrogen-bond donors (Lipinski definition) is 1. The molecule has 0 amide bonds. The van der Waals surface area contributed by atoms with Gasteiger partial charge in [-0.3, -0.25) is 9.69 Å². The fourth-order valence-corrected chi connectivity index (χ4v) is 3.85. The van der Waals surface area contributed by atoms with Crippen molar-refractivity contribution in [2.75, 3.05) is 26.3 Å². The minimum atomic E-state index is -0.653. The quantitative estimate of drug-likeness (QED) is 0.927. The summed E-state index contributed by atoms with van der Waals surface area (Å²) in [4.78, 5) is 14.1. The Bertz CT molecular complexity index is 537. The van der Waals surface area contributed by atoms with Gasteiger partial charge >= 0.3 is 5.97 Å². The standard InChI is InChI=1S/C17H23NO3/c1-12-4-3-5-13(2)15(12)9-18-8-14-10-21-7-6-17(14,11-18)16(19)20/h3-5,14H,6-11H2,1-2H3,(H,19,20)/t14-,17+/m1/s1. The van der Waals surface area contributed by atoms with Crippen LogP contribution in [0.4, 0.5) is 0 Å². The molecule has 1 aromatic carbocycles. The number of hydrogen-bond acceptors (Lipinski definition) is 3. The minimum absolute atomic E-state index is 0.119. The van der Waals surface area contributed by atoms with E-state index >= 15 is 0 Å². The highest BCUT2D eigenvalue weighted by Crippen LogP contribution is 2.43. The largest absolute Gasteiger partial charge is 0.481 e. The van der Waals surface area contributed by atoms with E-state index < -0.39 is 11.4 Å². The highest BCUT2D eigenvalue weighted by molar-refractivity contribution is 5.76. The van der Waals surface area contributed by atoms with Crippen molar-refractivity contribution in [1.82, 2.24) is 4.90 Å². The van der Waals surface area contributed by atoms with Crippen LogP contribution in [0.5, 0.6) is 0 Å². The Kier molecular flexibility index (Phi) is 3.76. The average molecular weight is 289 g/mol. The van der Waals surface area contributed by atoms with Crippen LogP contribution in [0.2, 0.25) is 0 Å². The third kappa shape index (κ3) is 2.47. The predicted octanol–water partition coefficient (Wildman–Crippen LogP) is 2.23. The van der Waals surface area contributed by atoms with Crippen molar-refractivity contribution in [1.29, 1.82) is 0 Å². The normalized spacial score (nSPS) is 29.3. The summed E-state index contributed by atoms with van der Waals surface area (Å²) in [6, 6.07) is 6.33. The molecule has 0 radical (unpaired) electrons. The fraction of sp³-hybridized carbons (Fsp3) is 0.588. The van der Waals surface area contributed by atoms with Crippen LogP contribution < -0.4 is 0 Å². The lowest BCUT2D eigenvalue weighted by molar-refractivity contribution is -0.157. The molecule has 2 aliphatic heterocycles. The summed E-state index contributed by atoms with van der Waals surface area (Å²) >= 11 is 0. The number of ether oxygens (including phenoxy) is 1. The maximum Gasteiger partial charge on any atom is 0.311 e. The van der Waals surface area contributed by atoms with E-state index in [2.05, 4.69) is 36.9 Å². The second-order valence-electron chi connectivity index (χ2n) is 6.52. The number of benzene rings is 1. The third-order valence-electron chi connectivity index (χ3n) is 5.23. The summed E-state index contributed by atoms with van der Waals surface area (Å²) in [5.41, 5.74) is 3.29. The molecule has 2 aliphatic rings. The van der Waals surface area contributed by atoms with Crippen LogP contribution in [0.25, 0.3) is 0 Å². The molecule has 0 aromatic heterocycles. The zero-order valence-corrected chi connectivity index (χ0v) is 12.8. The summed E-state index contributed by atoms with van der Waals surface area (Å²) in [6.45, 7) is 7.70. The van der Waals surface area contributed by atoms with E-state index in [1.165, 1.54) is 16.7 Å². The Balaban J connectivity index is 1.81. The minimum Gasteiger partial charge on any atom is -0.481 e. The Hall–Kier alpha value is -1.39. The Morgan fingerprint density at radius 3 is 2.76 bits per heavy atom. The third-order valence-corrected chi connectivity index (χ3v) is 5.23. The van der Waals surface area contributed by atoms with Crippen molar-refractivity contribution in [3.63, 3.8) is 0 Å². The molecule has 21 heavy (non-hydrogen) atoms. The molecule has 2 saturated heterocycles. The molecule has 4 nitrogen and oxygen atoms in total. The second kappa shape index (κ2) is 5.43. The summed E-state index contributed by atoms with van der Waals surface area (Å²) < 4.78 is 5.51. The lowest BCUT2D eigenvalue weighted by Gasteiger charge is -2.34. The van der Waals surface area contributed by atoms with Crippen LogP contribution in [0.1, 0.15) is 23.1 Å². The van der Waals surface area contributed by atoms with Crippen LogP contribution in [-0.2, 0) is 16.1 Å². The molecule has 0 spiro atoms. The average Bonchev–Trinajstić information content (AvgIpc) is 2.82. The molecule has 1 N–H and O–H groups in total. The molecule has 0 bridgehead atoms. The van der Waals surface area contributed by atoms with Gasteiger partial charge in [0.05, 0.1) is 12.0 Å². The SMILES string of the molecule is Cc1cccc(C)c1CN1C[C@@H]2COCC[C@]2(C(=O)O)C1. The van der Waals surface area contributed by atoms with E-state index in [-0.39, 0.29) is 5.92 Å². The number of carboxylic acids is 1. The van der Waals surface area contributed by atoms with Crippen molar-refractivity contribution in [2.45, 2.75) is 26.8 Å². The topological polar surface area (TPSA) is 49.8 Å². The number of carbonyl (C=O) groups is 1. The Morgan fingerprint density at radius 2 is 2.14 bits per heavy atom. The van der Waals surface area contributed by atoms with Crippen LogP contribution in [0.15, 0.2) is 18.2 Å².